The summed E-state index contributed by atoms with van der Waals surface area (Å²) in [5, 5.41) is 3.26. The first-order valence-electron chi connectivity index (χ1n) is 7.87. The van der Waals surface area contributed by atoms with Crippen LogP contribution in [0.3, 0.4) is 0 Å². The Morgan fingerprint density at radius 1 is 1.22 bits per heavy atom. The molecular weight excluding hydrogens is 339 g/mol. The second-order valence-electron chi connectivity index (χ2n) is 5.97. The van der Waals surface area contributed by atoms with E-state index in [-0.39, 0.29) is 29.2 Å². The largest absolute Gasteiger partial charge is 0.317 e. The number of aryl methyl sites for hydroxylation is 2. The number of nitrogens with one attached hydrogen (secondary N) is 1. The predicted octanol–water partition coefficient (Wildman–Crippen LogP) is 3.02. The molecule has 0 amide bonds. The highest BCUT2D eigenvalue weighted by atomic mass is 35.5. The van der Waals surface area contributed by atoms with E-state index in [0.29, 0.717) is 17.7 Å². The van der Waals surface area contributed by atoms with Crippen molar-refractivity contribution in [3.05, 3.63) is 29.1 Å². The lowest BCUT2D eigenvalue weighted by Gasteiger charge is -2.33. The second-order valence-corrected chi connectivity index (χ2v) is 7.86. The average Bonchev–Trinajstić information content (AvgIpc) is 2.50. The lowest BCUT2D eigenvalue weighted by Crippen LogP contribution is -2.46. The molecular formula is C16H26ClFN2O2S. The van der Waals surface area contributed by atoms with Gasteiger partial charge in [-0.15, -0.1) is 12.4 Å². The third-order valence-electron chi connectivity index (χ3n) is 4.18. The van der Waals surface area contributed by atoms with E-state index in [1.54, 1.807) is 18.2 Å². The molecule has 1 aliphatic rings. The summed E-state index contributed by atoms with van der Waals surface area (Å²) in [6, 6.07) is 2.92. The molecule has 0 bridgehead atoms. The summed E-state index contributed by atoms with van der Waals surface area (Å²) in [6.45, 7) is 7.36. The minimum Gasteiger partial charge on any atom is -0.317 e. The molecule has 1 aromatic rings. The maximum Gasteiger partial charge on any atom is 0.243 e. The van der Waals surface area contributed by atoms with Crippen molar-refractivity contribution in [1.82, 2.24) is 9.62 Å². The van der Waals surface area contributed by atoms with Crippen LogP contribution in [-0.4, -0.2) is 38.4 Å². The fraction of sp³-hybridized carbons (Fsp3) is 0.625. The van der Waals surface area contributed by atoms with Gasteiger partial charge in [-0.1, -0.05) is 6.92 Å². The number of piperidine rings is 1. The van der Waals surface area contributed by atoms with Crippen LogP contribution in [0.4, 0.5) is 4.39 Å². The zero-order valence-electron chi connectivity index (χ0n) is 13.9. The molecule has 0 atom stereocenters. The molecule has 1 fully saturated rings. The topological polar surface area (TPSA) is 49.4 Å². The molecule has 0 spiro atoms. The first-order valence-corrected chi connectivity index (χ1v) is 9.31. The van der Waals surface area contributed by atoms with Crippen LogP contribution in [0.15, 0.2) is 17.0 Å². The van der Waals surface area contributed by atoms with Crippen LogP contribution in [0.2, 0.25) is 0 Å². The Kier molecular flexibility index (Phi) is 7.45. The number of hydrogen-bond acceptors (Lipinski definition) is 3. The van der Waals surface area contributed by atoms with E-state index in [0.717, 1.165) is 32.4 Å². The minimum atomic E-state index is -3.59. The minimum absolute atomic E-state index is 0. The van der Waals surface area contributed by atoms with Gasteiger partial charge in [0.15, 0.2) is 0 Å². The maximum atomic E-state index is 13.8. The zero-order chi connectivity index (χ0) is 16.3. The number of halogens is 2. The summed E-state index contributed by atoms with van der Waals surface area (Å²) in [5.41, 5.74) is 0.751. The molecule has 0 unspecified atom stereocenters. The van der Waals surface area contributed by atoms with Gasteiger partial charge in [0.1, 0.15) is 5.82 Å². The Morgan fingerprint density at radius 3 is 2.22 bits per heavy atom. The molecule has 1 aromatic carbocycles. The lowest BCUT2D eigenvalue weighted by molar-refractivity contribution is 0.262. The summed E-state index contributed by atoms with van der Waals surface area (Å²) in [7, 11) is -3.59. The molecule has 2 rings (SSSR count). The molecule has 7 heteroatoms. The van der Waals surface area contributed by atoms with Crippen molar-refractivity contribution in [3.63, 3.8) is 0 Å². The molecule has 1 saturated heterocycles. The number of sulfonamides is 1. The lowest BCUT2D eigenvalue weighted by atomic mass is 10.1. The first-order chi connectivity index (χ1) is 10.4. The van der Waals surface area contributed by atoms with Crippen molar-refractivity contribution in [2.75, 3.05) is 19.6 Å². The molecule has 1 heterocycles. The second kappa shape index (κ2) is 8.42. The van der Waals surface area contributed by atoms with Gasteiger partial charge in [0.2, 0.25) is 10.0 Å². The van der Waals surface area contributed by atoms with Gasteiger partial charge in [-0.05, 0) is 69.5 Å². The maximum absolute atomic E-state index is 13.8. The third-order valence-corrected chi connectivity index (χ3v) is 6.11. The number of hydrogen-bond donors (Lipinski definition) is 1. The molecule has 0 radical (unpaired) electrons. The van der Waals surface area contributed by atoms with Crippen molar-refractivity contribution < 1.29 is 12.8 Å². The van der Waals surface area contributed by atoms with Crippen LogP contribution < -0.4 is 5.32 Å². The molecule has 132 valence electrons. The smallest absolute Gasteiger partial charge is 0.243 e. The molecule has 0 saturated carbocycles. The Hall–Kier alpha value is -0.690. The molecule has 4 nitrogen and oxygen atoms in total. The van der Waals surface area contributed by atoms with Gasteiger partial charge < -0.3 is 5.32 Å². The van der Waals surface area contributed by atoms with Crippen LogP contribution in [0.25, 0.3) is 0 Å². The number of nitrogens with zero attached hydrogens (tertiary/aromatic N) is 1. The van der Waals surface area contributed by atoms with E-state index < -0.39 is 10.0 Å². The summed E-state index contributed by atoms with van der Waals surface area (Å²) < 4.78 is 41.4. The van der Waals surface area contributed by atoms with Crippen LogP contribution in [0.1, 0.15) is 37.3 Å². The van der Waals surface area contributed by atoms with E-state index in [9.17, 15) is 12.8 Å². The van der Waals surface area contributed by atoms with Crippen LogP contribution >= 0.6 is 12.4 Å². The number of rotatable bonds is 5. The third kappa shape index (κ3) is 4.44. The Labute approximate surface area is 144 Å². The van der Waals surface area contributed by atoms with E-state index in [1.807, 2.05) is 6.92 Å². The standard InChI is InChI=1S/C16H25FN2O2S.ClH/c1-4-9-19(14-5-7-18-8-6-14)22(20,21)15-10-12(2)16(17)13(3)11-15;/h10-11,14,18H,4-9H2,1-3H3;1H. The molecule has 23 heavy (non-hydrogen) atoms. The van der Waals surface area contributed by atoms with E-state index in [2.05, 4.69) is 5.32 Å². The van der Waals surface area contributed by atoms with Crippen LogP contribution in [-0.2, 0) is 10.0 Å². The normalized spacial score (nSPS) is 16.4. The molecule has 1 aliphatic heterocycles. The van der Waals surface area contributed by atoms with Crippen molar-refractivity contribution in [2.24, 2.45) is 0 Å². The van der Waals surface area contributed by atoms with Crippen molar-refractivity contribution in [2.45, 2.75) is 51.0 Å². The Balaban J connectivity index is 0.00000264. The van der Waals surface area contributed by atoms with Crippen molar-refractivity contribution >= 4 is 22.4 Å². The highest BCUT2D eigenvalue weighted by Crippen LogP contribution is 2.26. The SMILES string of the molecule is CCCN(C1CCNCC1)S(=O)(=O)c1cc(C)c(F)c(C)c1.Cl. The fourth-order valence-electron chi connectivity index (χ4n) is 3.00. The summed E-state index contributed by atoms with van der Waals surface area (Å²) in [6.07, 6.45) is 2.40. The van der Waals surface area contributed by atoms with Gasteiger partial charge in [0.25, 0.3) is 0 Å². The van der Waals surface area contributed by atoms with Gasteiger partial charge in [-0.3, -0.25) is 0 Å². The molecule has 0 aliphatic carbocycles. The fourth-order valence-corrected chi connectivity index (χ4v) is 4.95. The Morgan fingerprint density at radius 2 is 1.74 bits per heavy atom. The zero-order valence-corrected chi connectivity index (χ0v) is 15.6. The van der Waals surface area contributed by atoms with Gasteiger partial charge >= 0.3 is 0 Å². The van der Waals surface area contributed by atoms with Gasteiger partial charge in [0, 0.05) is 12.6 Å². The van der Waals surface area contributed by atoms with E-state index in [1.165, 1.54) is 12.1 Å². The van der Waals surface area contributed by atoms with Crippen LogP contribution in [0, 0.1) is 19.7 Å². The highest BCUT2D eigenvalue weighted by molar-refractivity contribution is 7.89. The Bertz CT molecular complexity index is 608. The van der Waals surface area contributed by atoms with Crippen LogP contribution in [0.5, 0.6) is 0 Å². The summed E-state index contributed by atoms with van der Waals surface area (Å²) in [5.74, 6) is -0.331. The quantitative estimate of drug-likeness (QED) is 0.873. The monoisotopic (exact) mass is 364 g/mol. The van der Waals surface area contributed by atoms with Gasteiger partial charge in [-0.2, -0.15) is 4.31 Å². The first kappa shape index (κ1) is 20.4. The van der Waals surface area contributed by atoms with E-state index >= 15 is 0 Å². The van der Waals surface area contributed by atoms with Gasteiger partial charge in [0.05, 0.1) is 4.90 Å². The van der Waals surface area contributed by atoms with E-state index in [4.69, 9.17) is 0 Å². The average molecular weight is 365 g/mol. The van der Waals surface area contributed by atoms with Crippen molar-refractivity contribution in [1.29, 1.82) is 0 Å². The molecule has 0 aromatic heterocycles. The van der Waals surface area contributed by atoms with Gasteiger partial charge in [-0.25, -0.2) is 12.8 Å². The predicted molar refractivity (Wildman–Crippen MR) is 93.2 cm³/mol. The summed E-state index contributed by atoms with van der Waals surface area (Å²) >= 11 is 0. The van der Waals surface area contributed by atoms with Crippen molar-refractivity contribution in [3.8, 4) is 0 Å². The highest BCUT2D eigenvalue weighted by Gasteiger charge is 2.32. The number of benzene rings is 1. The molecule has 1 N–H and O–H groups in total. The summed E-state index contributed by atoms with van der Waals surface area (Å²) in [4.78, 5) is 0.205.